The van der Waals surface area contributed by atoms with E-state index >= 15 is 0 Å². The summed E-state index contributed by atoms with van der Waals surface area (Å²) in [6.45, 7) is 2.45. The molecule has 0 aliphatic carbocycles. The van der Waals surface area contributed by atoms with Gasteiger partial charge < -0.3 is 4.74 Å². The summed E-state index contributed by atoms with van der Waals surface area (Å²) < 4.78 is 6.20. The molecule has 0 aliphatic heterocycles. The number of hydrogen-bond acceptors (Lipinski definition) is 7. The predicted octanol–water partition coefficient (Wildman–Crippen LogP) is -0.0890. The second-order valence-electron chi connectivity index (χ2n) is 2.55. The SMILES string of the molecule is CCO/C=N/Nc1ccc2nnnn2n1. The van der Waals surface area contributed by atoms with Crippen molar-refractivity contribution in [3.63, 3.8) is 0 Å². The van der Waals surface area contributed by atoms with Crippen LogP contribution in [0.1, 0.15) is 6.92 Å². The second kappa shape index (κ2) is 4.31. The molecule has 0 atom stereocenters. The van der Waals surface area contributed by atoms with E-state index in [2.05, 4.69) is 31.2 Å². The molecule has 2 aromatic heterocycles. The maximum Gasteiger partial charge on any atom is 0.200 e. The molecule has 0 aliphatic rings. The van der Waals surface area contributed by atoms with Crippen LogP contribution in [0.15, 0.2) is 17.2 Å². The van der Waals surface area contributed by atoms with Gasteiger partial charge in [0.25, 0.3) is 0 Å². The lowest BCUT2D eigenvalue weighted by Crippen LogP contribution is -2.00. The molecule has 0 bridgehead atoms. The van der Waals surface area contributed by atoms with Crippen LogP contribution in [0.2, 0.25) is 0 Å². The van der Waals surface area contributed by atoms with Crippen molar-refractivity contribution in [2.75, 3.05) is 12.0 Å². The van der Waals surface area contributed by atoms with Crippen molar-refractivity contribution >= 4 is 17.9 Å². The van der Waals surface area contributed by atoms with Gasteiger partial charge in [-0.05, 0) is 29.5 Å². The summed E-state index contributed by atoms with van der Waals surface area (Å²) in [5.41, 5.74) is 3.26. The first-order chi connectivity index (χ1) is 7.40. The fraction of sp³-hybridized carbons (Fsp3) is 0.286. The van der Waals surface area contributed by atoms with Crippen LogP contribution in [0.5, 0.6) is 0 Å². The first-order valence-electron chi connectivity index (χ1n) is 4.34. The molecule has 8 nitrogen and oxygen atoms in total. The van der Waals surface area contributed by atoms with E-state index in [0.29, 0.717) is 18.1 Å². The number of hydrazone groups is 1. The smallest absolute Gasteiger partial charge is 0.200 e. The van der Waals surface area contributed by atoms with Gasteiger partial charge in [-0.2, -0.15) is 0 Å². The molecular weight excluding hydrogens is 198 g/mol. The minimum atomic E-state index is 0.533. The molecule has 0 radical (unpaired) electrons. The molecular formula is C7H9N7O. The van der Waals surface area contributed by atoms with Gasteiger partial charge in [-0.3, -0.25) is 5.43 Å². The molecule has 0 aromatic carbocycles. The van der Waals surface area contributed by atoms with Gasteiger partial charge >= 0.3 is 0 Å². The van der Waals surface area contributed by atoms with E-state index in [1.54, 1.807) is 12.1 Å². The van der Waals surface area contributed by atoms with Crippen LogP contribution in [0, 0.1) is 0 Å². The number of rotatable bonds is 4. The summed E-state index contributed by atoms with van der Waals surface area (Å²) in [6.07, 6.45) is 1.31. The van der Waals surface area contributed by atoms with Gasteiger partial charge in [0.1, 0.15) is 0 Å². The molecule has 15 heavy (non-hydrogen) atoms. The number of hydrogen-bond donors (Lipinski definition) is 1. The number of nitrogens with zero attached hydrogens (tertiary/aromatic N) is 6. The Morgan fingerprint density at radius 1 is 1.60 bits per heavy atom. The zero-order chi connectivity index (χ0) is 10.5. The Bertz CT molecular complexity index is 465. The van der Waals surface area contributed by atoms with Crippen LogP contribution in [0.4, 0.5) is 5.82 Å². The van der Waals surface area contributed by atoms with E-state index in [0.717, 1.165) is 0 Å². The first kappa shape index (κ1) is 9.31. The minimum Gasteiger partial charge on any atom is -0.482 e. The average molecular weight is 207 g/mol. The van der Waals surface area contributed by atoms with E-state index in [1.165, 1.54) is 11.0 Å². The molecule has 0 fully saturated rings. The molecule has 78 valence electrons. The quantitative estimate of drug-likeness (QED) is 0.428. The van der Waals surface area contributed by atoms with E-state index in [-0.39, 0.29) is 0 Å². The standard InChI is InChI=1S/C7H9N7O/c1-2-15-5-8-9-6-3-4-7-10-12-13-14(7)11-6/h3-5H,2H2,1H3,(H,9,11)/b8-5+. The van der Waals surface area contributed by atoms with Gasteiger partial charge in [0, 0.05) is 0 Å². The number of aromatic nitrogens is 5. The van der Waals surface area contributed by atoms with Crippen LogP contribution in [0.25, 0.3) is 5.65 Å². The Labute approximate surface area is 84.9 Å². The monoisotopic (exact) mass is 207 g/mol. The third-order valence-electron chi connectivity index (χ3n) is 1.54. The summed E-state index contributed by atoms with van der Waals surface area (Å²) in [4.78, 5) is 0. The minimum absolute atomic E-state index is 0.533. The van der Waals surface area contributed by atoms with Crippen LogP contribution in [-0.2, 0) is 4.74 Å². The average Bonchev–Trinajstić information content (AvgIpc) is 2.71. The molecule has 2 aromatic rings. The van der Waals surface area contributed by atoms with E-state index in [4.69, 9.17) is 4.74 Å². The Kier molecular flexibility index (Phi) is 2.68. The van der Waals surface area contributed by atoms with E-state index in [1.807, 2.05) is 6.92 Å². The zero-order valence-corrected chi connectivity index (χ0v) is 8.03. The molecule has 1 N–H and O–H groups in total. The van der Waals surface area contributed by atoms with Gasteiger partial charge in [0.05, 0.1) is 6.61 Å². The number of anilines is 1. The van der Waals surface area contributed by atoms with Crippen molar-refractivity contribution in [1.29, 1.82) is 0 Å². The third kappa shape index (κ3) is 2.16. The molecule has 0 amide bonds. The lowest BCUT2D eigenvalue weighted by Gasteiger charge is -1.97. The van der Waals surface area contributed by atoms with E-state index in [9.17, 15) is 0 Å². The molecule has 0 saturated carbocycles. The molecule has 2 rings (SSSR count). The van der Waals surface area contributed by atoms with Crippen LogP contribution in [-0.4, -0.2) is 38.3 Å². The van der Waals surface area contributed by atoms with Gasteiger partial charge in [-0.1, -0.05) is 0 Å². The van der Waals surface area contributed by atoms with Gasteiger partial charge in [0.2, 0.25) is 0 Å². The van der Waals surface area contributed by atoms with E-state index < -0.39 is 0 Å². The summed E-state index contributed by atoms with van der Waals surface area (Å²) in [7, 11) is 0. The van der Waals surface area contributed by atoms with Crippen LogP contribution in [0.3, 0.4) is 0 Å². The summed E-state index contributed by atoms with van der Waals surface area (Å²) >= 11 is 0. The van der Waals surface area contributed by atoms with Crippen LogP contribution >= 0.6 is 0 Å². The third-order valence-corrected chi connectivity index (χ3v) is 1.54. The Morgan fingerprint density at radius 2 is 2.53 bits per heavy atom. The number of fused-ring (bicyclic) bond motifs is 1. The lowest BCUT2D eigenvalue weighted by molar-refractivity contribution is 0.343. The van der Waals surface area contributed by atoms with Crippen molar-refractivity contribution in [2.45, 2.75) is 6.92 Å². The van der Waals surface area contributed by atoms with Gasteiger partial charge in [-0.15, -0.1) is 19.9 Å². The number of tetrazole rings is 1. The first-order valence-corrected chi connectivity index (χ1v) is 4.34. The second-order valence-corrected chi connectivity index (χ2v) is 2.55. The van der Waals surface area contributed by atoms with Crippen LogP contribution < -0.4 is 5.43 Å². The highest BCUT2D eigenvalue weighted by Gasteiger charge is 1.98. The topological polar surface area (TPSA) is 89.6 Å². The Hall–Kier alpha value is -2.25. The molecule has 0 spiro atoms. The predicted molar refractivity (Wildman–Crippen MR) is 52.3 cm³/mol. The maximum atomic E-state index is 4.90. The van der Waals surface area contributed by atoms with Crippen molar-refractivity contribution in [1.82, 2.24) is 25.3 Å². The fourth-order valence-electron chi connectivity index (χ4n) is 0.914. The number of ether oxygens (including phenoxy) is 1. The highest BCUT2D eigenvalue weighted by Crippen LogP contribution is 2.02. The summed E-state index contributed by atoms with van der Waals surface area (Å²) in [5, 5.41) is 18.6. The Balaban J connectivity index is 2.08. The van der Waals surface area contributed by atoms with Crippen molar-refractivity contribution in [3.8, 4) is 0 Å². The van der Waals surface area contributed by atoms with Crippen molar-refractivity contribution in [2.24, 2.45) is 5.10 Å². The normalized spacial score (nSPS) is 11.0. The highest BCUT2D eigenvalue weighted by atomic mass is 16.5. The maximum absolute atomic E-state index is 4.90. The van der Waals surface area contributed by atoms with Crippen molar-refractivity contribution < 1.29 is 4.74 Å². The number of nitrogens with one attached hydrogen (secondary N) is 1. The molecule has 8 heteroatoms. The summed E-state index contributed by atoms with van der Waals surface area (Å²) in [5.74, 6) is 0.533. The fourth-order valence-corrected chi connectivity index (χ4v) is 0.914. The largest absolute Gasteiger partial charge is 0.482 e. The van der Waals surface area contributed by atoms with Gasteiger partial charge in [-0.25, -0.2) is 0 Å². The lowest BCUT2D eigenvalue weighted by atomic mass is 10.5. The van der Waals surface area contributed by atoms with Gasteiger partial charge in [0.15, 0.2) is 17.9 Å². The highest BCUT2D eigenvalue weighted by molar-refractivity contribution is 5.50. The molecule has 0 saturated heterocycles. The Morgan fingerprint density at radius 3 is 3.40 bits per heavy atom. The molecule has 0 unspecified atom stereocenters. The zero-order valence-electron chi connectivity index (χ0n) is 8.03. The van der Waals surface area contributed by atoms with Crippen molar-refractivity contribution in [3.05, 3.63) is 12.1 Å². The summed E-state index contributed by atoms with van der Waals surface area (Å²) in [6, 6.07) is 3.44. The molecule has 2 heterocycles.